The van der Waals surface area contributed by atoms with Crippen LogP contribution in [0.25, 0.3) is 0 Å². The minimum absolute atomic E-state index is 0.0243. The van der Waals surface area contributed by atoms with E-state index in [1.807, 2.05) is 13.8 Å². The van der Waals surface area contributed by atoms with Gasteiger partial charge in [-0.25, -0.2) is 4.18 Å². The number of aliphatic hydroxyl groups is 8. The third-order valence-electron chi connectivity index (χ3n) is 16.1. The third-order valence-corrected chi connectivity index (χ3v) is 16.6. The lowest BCUT2D eigenvalue weighted by Gasteiger charge is -2.60. The molecule has 23 atom stereocenters. The van der Waals surface area contributed by atoms with Crippen molar-refractivity contribution in [2.75, 3.05) is 6.61 Å². The summed E-state index contributed by atoms with van der Waals surface area (Å²) in [5.74, 6) is -0.365. The number of rotatable bonds is 13. The number of hydrogen-bond acceptors (Lipinski definition) is 18. The summed E-state index contributed by atoms with van der Waals surface area (Å²) in [5.41, 5.74) is -0.951. The second-order valence-electron chi connectivity index (χ2n) is 21.1. The Hall–Kier alpha value is -1.28. The first-order valence-corrected chi connectivity index (χ1v) is 24.4. The van der Waals surface area contributed by atoms with Crippen LogP contribution in [0.15, 0.2) is 11.6 Å². The maximum absolute atomic E-state index is 13.1. The molecule has 7 rings (SSSR count). The average molecular weight is 937 g/mol. The molecule has 3 unspecified atom stereocenters. The first-order chi connectivity index (χ1) is 29.8. The Balaban J connectivity index is 1.15. The maximum Gasteiger partial charge on any atom is 0.397 e. The molecule has 7 aliphatic rings. The van der Waals surface area contributed by atoms with E-state index >= 15 is 0 Å². The highest BCUT2D eigenvalue weighted by Crippen LogP contribution is 2.67. The van der Waals surface area contributed by atoms with Crippen LogP contribution in [0.5, 0.6) is 0 Å². The molecule has 9 N–H and O–H groups in total. The summed E-state index contributed by atoms with van der Waals surface area (Å²) >= 11 is 0. The van der Waals surface area contributed by atoms with Crippen molar-refractivity contribution >= 4 is 16.2 Å². The zero-order valence-electron chi connectivity index (χ0n) is 37.8. The van der Waals surface area contributed by atoms with E-state index in [4.69, 9.17) is 32.6 Å². The van der Waals surface area contributed by atoms with Crippen molar-refractivity contribution in [2.24, 2.45) is 40.4 Å². The molecule has 368 valence electrons. The maximum atomic E-state index is 13.1. The van der Waals surface area contributed by atoms with Gasteiger partial charge in [-0.05, 0) is 106 Å². The highest BCUT2D eigenvalue weighted by atomic mass is 32.3. The van der Waals surface area contributed by atoms with E-state index in [1.54, 1.807) is 13.8 Å². The van der Waals surface area contributed by atoms with E-state index < -0.39 is 132 Å². The Morgan fingerprint density at radius 1 is 0.828 bits per heavy atom. The second-order valence-corrected chi connectivity index (χ2v) is 22.1. The van der Waals surface area contributed by atoms with Crippen LogP contribution in [0, 0.1) is 40.4 Å². The molecular weight excluding hydrogens is 865 g/mol. The van der Waals surface area contributed by atoms with Crippen molar-refractivity contribution in [1.82, 2.24) is 0 Å². The molecule has 0 amide bonds. The standard InChI is InChI=1S/C44H72O19S/c1-19(2)14-22(45)17-44(7,53)30-9-8-25-24-16-29(27-15-23(63-64(54,55)56)10-12-42(27,5)26(24)11-13-43(25,30)6)60-40-36(52)37(32(48)21(4)59-40)61-41-38(33(49)28(46)18-57-41)62-39-35(51)34(50)31(47)20(3)58-39/h11,19-21,23-25,27-41,46-53H,8-10,12-18H2,1-7H3,(H,54,55,56)/t20-,21-,23+,24?,25?,27?,28-,29+,30+,31-,32-,33+,34+,35-,36-,37+,38-,39+,40+,41+,42-,43+,44+/m1/s1. The number of fused-ring (bicyclic) bond motifs is 5. The minimum atomic E-state index is -4.79. The van der Waals surface area contributed by atoms with Crippen LogP contribution < -0.4 is 0 Å². The summed E-state index contributed by atoms with van der Waals surface area (Å²) in [5, 5.41) is 88.3. The van der Waals surface area contributed by atoms with Gasteiger partial charge in [-0.1, -0.05) is 39.3 Å². The monoisotopic (exact) mass is 936 g/mol. The van der Waals surface area contributed by atoms with E-state index in [0.29, 0.717) is 38.5 Å². The second kappa shape index (κ2) is 18.9. The van der Waals surface area contributed by atoms with Crippen molar-refractivity contribution in [3.05, 3.63) is 11.6 Å². The van der Waals surface area contributed by atoms with E-state index in [0.717, 1.165) is 6.42 Å². The van der Waals surface area contributed by atoms with Gasteiger partial charge in [0.1, 0.15) is 60.7 Å². The third kappa shape index (κ3) is 9.79. The molecule has 0 aromatic rings. The summed E-state index contributed by atoms with van der Waals surface area (Å²) in [7, 11) is -4.79. The summed E-state index contributed by atoms with van der Waals surface area (Å²) in [6.45, 7) is 12.6. The minimum Gasteiger partial charge on any atom is -0.389 e. The van der Waals surface area contributed by atoms with Crippen LogP contribution in [0.1, 0.15) is 106 Å². The van der Waals surface area contributed by atoms with Gasteiger partial charge in [0.25, 0.3) is 0 Å². The lowest BCUT2D eigenvalue weighted by Crippen LogP contribution is -2.65. The number of hydrogen-bond donors (Lipinski definition) is 9. The molecule has 3 aliphatic heterocycles. The Labute approximate surface area is 375 Å². The molecule has 0 aromatic carbocycles. The van der Waals surface area contributed by atoms with E-state index in [-0.39, 0.29) is 47.7 Å². The smallest absolute Gasteiger partial charge is 0.389 e. The normalized spacial score (nSPS) is 49.6. The lowest BCUT2D eigenvalue weighted by atomic mass is 9.47. The quantitative estimate of drug-likeness (QED) is 0.0905. The summed E-state index contributed by atoms with van der Waals surface area (Å²) in [6.07, 6.45) is -16.4. The van der Waals surface area contributed by atoms with Gasteiger partial charge in [0.15, 0.2) is 18.9 Å². The molecular formula is C44H72O19S. The van der Waals surface area contributed by atoms with Crippen LogP contribution >= 0.6 is 0 Å². The van der Waals surface area contributed by atoms with Crippen molar-refractivity contribution in [3.8, 4) is 0 Å². The number of ketones is 1. The fourth-order valence-electron chi connectivity index (χ4n) is 12.9. The molecule has 0 spiro atoms. The highest BCUT2D eigenvalue weighted by molar-refractivity contribution is 7.80. The molecule has 3 heterocycles. The predicted molar refractivity (Wildman–Crippen MR) is 222 cm³/mol. The Bertz CT molecular complexity index is 1800. The van der Waals surface area contributed by atoms with E-state index in [9.17, 15) is 58.6 Å². The van der Waals surface area contributed by atoms with Crippen molar-refractivity contribution in [2.45, 2.75) is 210 Å². The van der Waals surface area contributed by atoms with Gasteiger partial charge in [0.2, 0.25) is 0 Å². The van der Waals surface area contributed by atoms with E-state index in [2.05, 4.69) is 19.9 Å². The zero-order chi connectivity index (χ0) is 47.0. The van der Waals surface area contributed by atoms with Gasteiger partial charge >= 0.3 is 10.4 Å². The first kappa shape index (κ1) is 50.6. The average Bonchev–Trinajstić information content (AvgIpc) is 3.57. The Kier molecular flexibility index (Phi) is 14.9. The molecule has 4 aliphatic carbocycles. The number of aliphatic hydroxyl groups excluding tert-OH is 7. The van der Waals surface area contributed by atoms with Crippen LogP contribution in [-0.2, 0) is 47.8 Å². The molecule has 64 heavy (non-hydrogen) atoms. The molecule has 0 radical (unpaired) electrons. The Morgan fingerprint density at radius 2 is 1.47 bits per heavy atom. The Morgan fingerprint density at radius 3 is 2.12 bits per heavy atom. The number of Topliss-reactive ketones (excluding diaryl/α,β-unsaturated/α-hetero) is 1. The number of ether oxygens (including phenoxy) is 6. The first-order valence-electron chi connectivity index (χ1n) is 23.0. The predicted octanol–water partition coefficient (Wildman–Crippen LogP) is 0.647. The zero-order valence-corrected chi connectivity index (χ0v) is 38.6. The van der Waals surface area contributed by atoms with Crippen LogP contribution in [-0.4, -0.2) is 170 Å². The molecule has 3 saturated heterocycles. The van der Waals surface area contributed by atoms with Gasteiger partial charge < -0.3 is 69.3 Å². The van der Waals surface area contributed by atoms with Crippen molar-refractivity contribution in [1.29, 1.82) is 0 Å². The molecule has 19 nitrogen and oxygen atoms in total. The summed E-state index contributed by atoms with van der Waals surface area (Å²) in [6, 6.07) is 0. The van der Waals surface area contributed by atoms with E-state index in [1.165, 1.54) is 12.5 Å². The van der Waals surface area contributed by atoms with Gasteiger partial charge in [-0.3, -0.25) is 9.35 Å². The number of allylic oxidation sites excluding steroid dienone is 2. The molecule has 3 saturated carbocycles. The molecule has 20 heteroatoms. The molecule has 6 fully saturated rings. The van der Waals surface area contributed by atoms with Gasteiger partial charge in [-0.2, -0.15) is 8.42 Å². The molecule has 0 aromatic heterocycles. The highest BCUT2D eigenvalue weighted by Gasteiger charge is 2.63. The van der Waals surface area contributed by atoms with Crippen molar-refractivity contribution < 1.29 is 91.2 Å². The topological polar surface area (TPSA) is 298 Å². The van der Waals surface area contributed by atoms with Crippen LogP contribution in [0.2, 0.25) is 0 Å². The fraction of sp³-hybridized carbons (Fsp3) is 0.932. The van der Waals surface area contributed by atoms with Crippen LogP contribution in [0.4, 0.5) is 0 Å². The molecule has 0 bridgehead atoms. The fourth-order valence-corrected chi connectivity index (χ4v) is 13.4. The SMILES string of the molecule is CC(C)CC(=O)C[C@](C)(O)[C@H]1CCC2C3C[C@H](O[C@@H]4O[C@H](C)[C@@H](O)[C@H](O[C@@H]5OC[C@@H](O)[C@H](O)[C@H]5O[C@@H]5O[C@H](C)[C@@H](O)[C@H](O)[C@H]5O)[C@H]4O)C4C[C@@H](OS(=O)(=O)O)CC[C@]4(C)C3=CC[C@@]21C. The number of carbonyl (C=O) groups is 1. The summed E-state index contributed by atoms with van der Waals surface area (Å²) < 4.78 is 75.0. The summed E-state index contributed by atoms with van der Waals surface area (Å²) in [4.78, 5) is 13.1. The van der Waals surface area contributed by atoms with Gasteiger partial charge in [-0.15, -0.1) is 0 Å². The van der Waals surface area contributed by atoms with Gasteiger partial charge in [0.05, 0.1) is 36.6 Å². The lowest BCUT2D eigenvalue weighted by molar-refractivity contribution is -0.379. The number of carbonyl (C=O) groups excluding carboxylic acids is 1. The van der Waals surface area contributed by atoms with Crippen LogP contribution in [0.3, 0.4) is 0 Å². The van der Waals surface area contributed by atoms with Gasteiger partial charge in [0, 0.05) is 12.8 Å². The van der Waals surface area contributed by atoms with Crippen molar-refractivity contribution in [3.63, 3.8) is 0 Å². The largest absolute Gasteiger partial charge is 0.397 e.